The maximum absolute atomic E-state index is 12.6. The summed E-state index contributed by atoms with van der Waals surface area (Å²) >= 11 is 5.67. The summed E-state index contributed by atoms with van der Waals surface area (Å²) in [6, 6.07) is 5.94. The molecule has 0 spiro atoms. The molecule has 0 unspecified atom stereocenters. The second-order valence-corrected chi connectivity index (χ2v) is 4.39. The highest BCUT2D eigenvalue weighted by Gasteiger charge is 2.01. The smallest absolute Gasteiger partial charge is 0.140 e. The van der Waals surface area contributed by atoms with Crippen LogP contribution in [-0.4, -0.2) is 4.98 Å². The van der Waals surface area contributed by atoms with Crippen molar-refractivity contribution in [3.05, 3.63) is 46.2 Å². The molecule has 0 radical (unpaired) electrons. The SMILES string of the molecule is Fc1ccc(OCc2nc(CS)cs2)cc1. The predicted molar refractivity (Wildman–Crippen MR) is 65.5 cm³/mol. The number of rotatable bonds is 4. The molecule has 0 saturated heterocycles. The third-order valence-corrected chi connectivity index (χ3v) is 3.13. The first-order chi connectivity index (χ1) is 7.78. The molecule has 0 aliphatic carbocycles. The van der Waals surface area contributed by atoms with Crippen molar-refractivity contribution in [2.75, 3.05) is 0 Å². The minimum atomic E-state index is -0.265. The van der Waals surface area contributed by atoms with Crippen molar-refractivity contribution in [1.29, 1.82) is 0 Å². The van der Waals surface area contributed by atoms with E-state index in [1.54, 1.807) is 12.1 Å². The molecule has 1 aromatic carbocycles. The Morgan fingerprint density at radius 2 is 2.06 bits per heavy atom. The summed E-state index contributed by atoms with van der Waals surface area (Å²) in [5.41, 5.74) is 0.950. The quantitative estimate of drug-likeness (QED) is 0.847. The van der Waals surface area contributed by atoms with E-state index >= 15 is 0 Å². The van der Waals surface area contributed by atoms with Gasteiger partial charge in [-0.25, -0.2) is 9.37 Å². The van der Waals surface area contributed by atoms with E-state index in [1.807, 2.05) is 5.38 Å². The van der Waals surface area contributed by atoms with Gasteiger partial charge in [-0.05, 0) is 24.3 Å². The fraction of sp³-hybridized carbons (Fsp3) is 0.182. The van der Waals surface area contributed by atoms with Crippen LogP contribution in [0.25, 0.3) is 0 Å². The highest BCUT2D eigenvalue weighted by molar-refractivity contribution is 7.79. The van der Waals surface area contributed by atoms with E-state index in [1.165, 1.54) is 23.5 Å². The molecule has 84 valence electrons. The fourth-order valence-electron chi connectivity index (χ4n) is 1.16. The molecule has 0 fully saturated rings. The number of ether oxygens (including phenoxy) is 1. The zero-order valence-electron chi connectivity index (χ0n) is 8.39. The average Bonchev–Trinajstić information content (AvgIpc) is 2.76. The van der Waals surface area contributed by atoms with E-state index in [9.17, 15) is 4.39 Å². The van der Waals surface area contributed by atoms with Gasteiger partial charge in [-0.2, -0.15) is 12.6 Å². The van der Waals surface area contributed by atoms with Crippen molar-refractivity contribution in [3.63, 3.8) is 0 Å². The molecule has 2 nitrogen and oxygen atoms in total. The molecule has 1 aromatic heterocycles. The fourth-order valence-corrected chi connectivity index (χ4v) is 2.15. The molecule has 0 aliphatic rings. The van der Waals surface area contributed by atoms with E-state index in [4.69, 9.17) is 4.74 Å². The third-order valence-electron chi connectivity index (χ3n) is 1.94. The Morgan fingerprint density at radius 1 is 1.31 bits per heavy atom. The Balaban J connectivity index is 1.94. The standard InChI is InChI=1S/C11H10FNOS2/c12-8-1-3-10(4-2-8)14-5-11-13-9(6-15)7-16-11/h1-4,7,15H,5-6H2. The summed E-state index contributed by atoms with van der Waals surface area (Å²) in [5, 5.41) is 2.85. The van der Waals surface area contributed by atoms with E-state index in [0.29, 0.717) is 18.1 Å². The zero-order valence-corrected chi connectivity index (χ0v) is 10.1. The molecule has 2 aromatic rings. The van der Waals surface area contributed by atoms with Gasteiger partial charge in [0.1, 0.15) is 23.2 Å². The van der Waals surface area contributed by atoms with Crippen LogP contribution in [0.1, 0.15) is 10.7 Å². The van der Waals surface area contributed by atoms with E-state index in [2.05, 4.69) is 17.6 Å². The summed E-state index contributed by atoms with van der Waals surface area (Å²) < 4.78 is 18.1. The lowest BCUT2D eigenvalue weighted by atomic mass is 10.3. The average molecular weight is 255 g/mol. The van der Waals surface area contributed by atoms with Crippen LogP contribution in [0, 0.1) is 5.82 Å². The molecule has 0 atom stereocenters. The van der Waals surface area contributed by atoms with Crippen LogP contribution >= 0.6 is 24.0 Å². The van der Waals surface area contributed by atoms with Crippen molar-refractivity contribution in [2.45, 2.75) is 12.4 Å². The summed E-state index contributed by atoms with van der Waals surface area (Å²) in [7, 11) is 0. The molecule has 0 aliphatic heterocycles. The highest BCUT2D eigenvalue weighted by Crippen LogP contribution is 2.16. The van der Waals surface area contributed by atoms with E-state index < -0.39 is 0 Å². The van der Waals surface area contributed by atoms with Gasteiger partial charge in [0, 0.05) is 11.1 Å². The lowest BCUT2D eigenvalue weighted by Gasteiger charge is -2.02. The number of hydrogen-bond acceptors (Lipinski definition) is 4. The maximum Gasteiger partial charge on any atom is 0.140 e. The van der Waals surface area contributed by atoms with Crippen LogP contribution in [0.3, 0.4) is 0 Å². The lowest BCUT2D eigenvalue weighted by molar-refractivity contribution is 0.305. The summed E-state index contributed by atoms with van der Waals surface area (Å²) in [6.07, 6.45) is 0. The van der Waals surface area contributed by atoms with Gasteiger partial charge < -0.3 is 4.74 Å². The minimum Gasteiger partial charge on any atom is -0.486 e. The first-order valence-corrected chi connectivity index (χ1v) is 6.21. The van der Waals surface area contributed by atoms with Crippen molar-refractivity contribution < 1.29 is 9.13 Å². The van der Waals surface area contributed by atoms with Crippen LogP contribution in [0.5, 0.6) is 5.75 Å². The van der Waals surface area contributed by atoms with Crippen molar-refractivity contribution >= 4 is 24.0 Å². The minimum absolute atomic E-state index is 0.265. The van der Waals surface area contributed by atoms with Crippen molar-refractivity contribution in [3.8, 4) is 5.75 Å². The normalized spacial score (nSPS) is 10.4. The topological polar surface area (TPSA) is 22.1 Å². The van der Waals surface area contributed by atoms with Gasteiger partial charge in [-0.3, -0.25) is 0 Å². The molecule has 2 rings (SSSR count). The molecule has 16 heavy (non-hydrogen) atoms. The van der Waals surface area contributed by atoms with Crippen LogP contribution in [-0.2, 0) is 12.4 Å². The molecule has 5 heteroatoms. The number of benzene rings is 1. The van der Waals surface area contributed by atoms with Crippen LogP contribution in [0.15, 0.2) is 29.6 Å². The van der Waals surface area contributed by atoms with E-state index in [0.717, 1.165) is 10.7 Å². The Kier molecular flexibility index (Phi) is 3.79. The van der Waals surface area contributed by atoms with E-state index in [-0.39, 0.29) is 5.82 Å². The molecule has 0 N–H and O–H groups in total. The Bertz CT molecular complexity index is 455. The molecule has 0 bridgehead atoms. The van der Waals surface area contributed by atoms with Crippen molar-refractivity contribution in [1.82, 2.24) is 4.98 Å². The van der Waals surface area contributed by atoms with Crippen LogP contribution in [0.4, 0.5) is 4.39 Å². The van der Waals surface area contributed by atoms with Gasteiger partial charge in [-0.15, -0.1) is 11.3 Å². The lowest BCUT2D eigenvalue weighted by Crippen LogP contribution is -1.95. The van der Waals surface area contributed by atoms with Gasteiger partial charge in [0.2, 0.25) is 0 Å². The first-order valence-electron chi connectivity index (χ1n) is 4.70. The Morgan fingerprint density at radius 3 is 2.69 bits per heavy atom. The molecule has 0 amide bonds. The van der Waals surface area contributed by atoms with Crippen LogP contribution < -0.4 is 4.74 Å². The van der Waals surface area contributed by atoms with Gasteiger partial charge in [0.25, 0.3) is 0 Å². The molecule has 0 saturated carbocycles. The van der Waals surface area contributed by atoms with Gasteiger partial charge in [0.15, 0.2) is 0 Å². The summed E-state index contributed by atoms with van der Waals surface area (Å²) in [6.45, 7) is 0.407. The molecular weight excluding hydrogens is 245 g/mol. The van der Waals surface area contributed by atoms with Gasteiger partial charge >= 0.3 is 0 Å². The number of aromatic nitrogens is 1. The zero-order chi connectivity index (χ0) is 11.4. The van der Waals surface area contributed by atoms with Crippen LogP contribution in [0.2, 0.25) is 0 Å². The summed E-state index contributed by atoms with van der Waals surface area (Å²) in [4.78, 5) is 4.30. The number of hydrogen-bond donors (Lipinski definition) is 1. The van der Waals surface area contributed by atoms with Gasteiger partial charge in [0.05, 0.1) is 5.69 Å². The Labute approximate surface area is 103 Å². The first kappa shape index (κ1) is 11.4. The maximum atomic E-state index is 12.6. The van der Waals surface area contributed by atoms with Crippen molar-refractivity contribution in [2.24, 2.45) is 0 Å². The number of thiazole rings is 1. The summed E-state index contributed by atoms with van der Waals surface area (Å²) in [5.74, 6) is 1.01. The second kappa shape index (κ2) is 5.32. The second-order valence-electron chi connectivity index (χ2n) is 3.13. The number of thiol groups is 1. The third kappa shape index (κ3) is 2.96. The Hall–Kier alpha value is -1.07. The largest absolute Gasteiger partial charge is 0.486 e. The van der Waals surface area contributed by atoms with Gasteiger partial charge in [-0.1, -0.05) is 0 Å². The predicted octanol–water partition coefficient (Wildman–Crippen LogP) is 3.29. The number of nitrogens with zero attached hydrogens (tertiary/aromatic N) is 1. The molecule has 1 heterocycles. The monoisotopic (exact) mass is 255 g/mol. The number of halogens is 1. The molecular formula is C11H10FNOS2. The highest BCUT2D eigenvalue weighted by atomic mass is 32.1.